The molecule has 0 spiro atoms. The fourth-order valence-electron chi connectivity index (χ4n) is 2.52. The highest BCUT2D eigenvalue weighted by atomic mass is 35.5. The molecule has 0 N–H and O–H groups in total. The molecule has 3 rings (SSSR count). The molecule has 25 heavy (non-hydrogen) atoms. The van der Waals surface area contributed by atoms with Crippen molar-refractivity contribution in [3.63, 3.8) is 0 Å². The molecule has 0 aliphatic heterocycles. The van der Waals surface area contributed by atoms with Crippen molar-refractivity contribution in [1.82, 2.24) is 0 Å². The molecule has 0 fully saturated rings. The van der Waals surface area contributed by atoms with Crippen molar-refractivity contribution in [3.05, 3.63) is 94.5 Å². The van der Waals surface area contributed by atoms with Crippen LogP contribution in [0.3, 0.4) is 0 Å². The summed E-state index contributed by atoms with van der Waals surface area (Å²) in [4.78, 5) is 12.5. The Balaban J connectivity index is 1.86. The van der Waals surface area contributed by atoms with Crippen molar-refractivity contribution in [2.45, 2.75) is 6.61 Å². The minimum Gasteiger partial charge on any atom is -0.457 e. The summed E-state index contributed by atoms with van der Waals surface area (Å²) < 4.78 is 5.42. The second kappa shape index (κ2) is 7.65. The lowest BCUT2D eigenvalue weighted by molar-refractivity contribution is 0.0473. The van der Waals surface area contributed by atoms with Crippen LogP contribution < -0.4 is 0 Å². The Kier molecular flexibility index (Phi) is 5.13. The number of ether oxygens (including phenoxy) is 1. The van der Waals surface area contributed by atoms with Gasteiger partial charge in [-0.1, -0.05) is 60.1 Å². The molecule has 0 bridgehead atoms. The molecular weight excluding hydrogens is 334 g/mol. The van der Waals surface area contributed by atoms with Gasteiger partial charge in [-0.2, -0.15) is 5.26 Å². The molecule has 4 heteroatoms. The van der Waals surface area contributed by atoms with E-state index in [0.29, 0.717) is 27.3 Å². The Labute approximate surface area is 151 Å². The molecule has 0 aliphatic rings. The van der Waals surface area contributed by atoms with Gasteiger partial charge in [-0.3, -0.25) is 0 Å². The third-order valence-electron chi connectivity index (χ3n) is 3.77. The molecule has 0 saturated carbocycles. The van der Waals surface area contributed by atoms with Crippen molar-refractivity contribution < 1.29 is 9.53 Å². The monoisotopic (exact) mass is 347 g/mol. The normalized spacial score (nSPS) is 10.1. The third kappa shape index (κ3) is 3.88. The fraction of sp³-hybridized carbons (Fsp3) is 0.0476. The van der Waals surface area contributed by atoms with Crippen molar-refractivity contribution in [1.29, 1.82) is 5.26 Å². The first-order valence-corrected chi connectivity index (χ1v) is 8.07. The van der Waals surface area contributed by atoms with E-state index >= 15 is 0 Å². The van der Waals surface area contributed by atoms with Crippen LogP contribution in [0.2, 0.25) is 5.02 Å². The van der Waals surface area contributed by atoms with Gasteiger partial charge in [-0.05, 0) is 35.4 Å². The van der Waals surface area contributed by atoms with E-state index in [1.807, 2.05) is 36.4 Å². The first kappa shape index (κ1) is 16.8. The SMILES string of the molecule is N#Cc1ccccc1-c1ccccc1C(=O)OCc1ccc(Cl)cc1. The largest absolute Gasteiger partial charge is 0.457 e. The maximum Gasteiger partial charge on any atom is 0.339 e. The zero-order valence-corrected chi connectivity index (χ0v) is 14.0. The topological polar surface area (TPSA) is 50.1 Å². The van der Waals surface area contributed by atoms with Crippen LogP contribution in [-0.4, -0.2) is 5.97 Å². The molecule has 122 valence electrons. The fourth-order valence-corrected chi connectivity index (χ4v) is 2.64. The average Bonchev–Trinajstić information content (AvgIpc) is 2.67. The van der Waals surface area contributed by atoms with Crippen LogP contribution in [0.15, 0.2) is 72.8 Å². The van der Waals surface area contributed by atoms with E-state index in [2.05, 4.69) is 6.07 Å². The van der Waals surface area contributed by atoms with Gasteiger partial charge in [0.1, 0.15) is 6.61 Å². The lowest BCUT2D eigenvalue weighted by Gasteiger charge is -2.11. The molecule has 0 aliphatic carbocycles. The molecule has 0 aromatic heterocycles. The number of benzene rings is 3. The van der Waals surface area contributed by atoms with Crippen LogP contribution in [0.25, 0.3) is 11.1 Å². The maximum absolute atomic E-state index is 12.5. The lowest BCUT2D eigenvalue weighted by atomic mass is 9.96. The number of nitrogens with zero attached hydrogens (tertiary/aromatic N) is 1. The number of hydrogen-bond donors (Lipinski definition) is 0. The predicted molar refractivity (Wildman–Crippen MR) is 97.2 cm³/mol. The first-order valence-electron chi connectivity index (χ1n) is 7.69. The van der Waals surface area contributed by atoms with Gasteiger partial charge in [0.2, 0.25) is 0 Å². The summed E-state index contributed by atoms with van der Waals surface area (Å²) in [5, 5.41) is 9.94. The van der Waals surface area contributed by atoms with Gasteiger partial charge >= 0.3 is 5.97 Å². The number of rotatable bonds is 4. The van der Waals surface area contributed by atoms with E-state index in [1.54, 1.807) is 36.4 Å². The summed E-state index contributed by atoms with van der Waals surface area (Å²) in [6.07, 6.45) is 0. The van der Waals surface area contributed by atoms with Gasteiger partial charge < -0.3 is 4.74 Å². The summed E-state index contributed by atoms with van der Waals surface area (Å²) in [5.41, 5.74) is 3.19. The van der Waals surface area contributed by atoms with Gasteiger partial charge in [0.25, 0.3) is 0 Å². The average molecular weight is 348 g/mol. The smallest absolute Gasteiger partial charge is 0.339 e. The molecule has 0 heterocycles. The standard InChI is InChI=1S/C21H14ClNO2/c22-17-11-9-15(10-12-17)14-25-21(24)20-8-4-3-7-19(20)18-6-2-1-5-16(18)13-23/h1-12H,14H2. The molecule has 3 nitrogen and oxygen atoms in total. The Hall–Kier alpha value is -3.09. The van der Waals surface area contributed by atoms with Crippen molar-refractivity contribution in [2.24, 2.45) is 0 Å². The summed E-state index contributed by atoms with van der Waals surface area (Å²) in [6.45, 7) is 0.157. The van der Waals surface area contributed by atoms with Crippen molar-refractivity contribution >= 4 is 17.6 Å². The van der Waals surface area contributed by atoms with E-state index in [9.17, 15) is 10.1 Å². The number of nitriles is 1. The molecule has 0 amide bonds. The predicted octanol–water partition coefficient (Wildman–Crippen LogP) is 5.24. The highest BCUT2D eigenvalue weighted by Crippen LogP contribution is 2.27. The summed E-state index contributed by atoms with van der Waals surface area (Å²) in [5.74, 6) is -0.432. The molecule has 0 atom stereocenters. The molecule has 3 aromatic carbocycles. The summed E-state index contributed by atoms with van der Waals surface area (Å²) >= 11 is 5.85. The molecule has 3 aromatic rings. The van der Waals surface area contributed by atoms with Gasteiger partial charge in [-0.15, -0.1) is 0 Å². The number of halogens is 1. The Bertz CT molecular complexity index is 943. The zero-order valence-electron chi connectivity index (χ0n) is 13.3. The van der Waals surface area contributed by atoms with E-state index in [4.69, 9.17) is 16.3 Å². The van der Waals surface area contributed by atoms with E-state index in [-0.39, 0.29) is 6.61 Å². The third-order valence-corrected chi connectivity index (χ3v) is 4.02. The highest BCUT2D eigenvalue weighted by molar-refractivity contribution is 6.30. The van der Waals surface area contributed by atoms with Gasteiger partial charge in [0, 0.05) is 10.6 Å². The minimum atomic E-state index is -0.432. The second-order valence-electron chi connectivity index (χ2n) is 5.41. The quantitative estimate of drug-likeness (QED) is 0.607. The summed E-state index contributed by atoms with van der Waals surface area (Å²) in [6, 6.07) is 23.6. The number of carbonyl (C=O) groups excluding carboxylic acids is 1. The summed E-state index contributed by atoms with van der Waals surface area (Å²) in [7, 11) is 0. The van der Waals surface area contributed by atoms with Crippen LogP contribution in [0.4, 0.5) is 0 Å². The van der Waals surface area contributed by atoms with Gasteiger partial charge in [0.15, 0.2) is 0 Å². The van der Waals surface area contributed by atoms with Gasteiger partial charge in [0.05, 0.1) is 17.2 Å². The highest BCUT2D eigenvalue weighted by Gasteiger charge is 2.16. The number of carbonyl (C=O) groups is 1. The van der Waals surface area contributed by atoms with Crippen LogP contribution in [0.5, 0.6) is 0 Å². The molecule has 0 saturated heterocycles. The van der Waals surface area contributed by atoms with E-state index in [1.165, 1.54) is 0 Å². The Morgan fingerprint density at radius 2 is 1.56 bits per heavy atom. The van der Waals surface area contributed by atoms with Crippen LogP contribution in [-0.2, 0) is 11.3 Å². The Morgan fingerprint density at radius 1 is 0.920 bits per heavy atom. The lowest BCUT2D eigenvalue weighted by Crippen LogP contribution is -2.07. The minimum absolute atomic E-state index is 0.157. The van der Waals surface area contributed by atoms with Gasteiger partial charge in [-0.25, -0.2) is 4.79 Å². The second-order valence-corrected chi connectivity index (χ2v) is 5.84. The molecule has 0 unspecified atom stereocenters. The molecular formula is C21H14ClNO2. The van der Waals surface area contributed by atoms with Crippen molar-refractivity contribution in [2.75, 3.05) is 0 Å². The van der Waals surface area contributed by atoms with Crippen LogP contribution >= 0.6 is 11.6 Å². The van der Waals surface area contributed by atoms with E-state index in [0.717, 1.165) is 5.56 Å². The number of esters is 1. The Morgan fingerprint density at radius 3 is 2.28 bits per heavy atom. The van der Waals surface area contributed by atoms with E-state index < -0.39 is 5.97 Å². The maximum atomic E-state index is 12.5. The first-order chi connectivity index (χ1) is 12.2. The van der Waals surface area contributed by atoms with Crippen LogP contribution in [0, 0.1) is 11.3 Å². The molecule has 0 radical (unpaired) electrons. The number of hydrogen-bond acceptors (Lipinski definition) is 3. The van der Waals surface area contributed by atoms with Crippen molar-refractivity contribution in [3.8, 4) is 17.2 Å². The van der Waals surface area contributed by atoms with Crippen LogP contribution in [0.1, 0.15) is 21.5 Å². The zero-order chi connectivity index (χ0) is 17.6.